The number of alkyl carbamates (subject to hydrolysis) is 1. The quantitative estimate of drug-likeness (QED) is 0.383. The monoisotopic (exact) mass is 350 g/mol. The molecule has 0 aliphatic rings. The highest BCUT2D eigenvalue weighted by Gasteiger charge is 2.15. The normalized spacial score (nSPS) is 9.35. The number of nitro groups is 1. The van der Waals surface area contributed by atoms with Crippen molar-refractivity contribution in [1.82, 2.24) is 10.3 Å². The van der Waals surface area contributed by atoms with Crippen LogP contribution in [0.3, 0.4) is 0 Å². The lowest BCUT2D eigenvalue weighted by Gasteiger charge is -2.05. The van der Waals surface area contributed by atoms with E-state index in [0.29, 0.717) is 12.0 Å². The van der Waals surface area contributed by atoms with Gasteiger partial charge in [-0.25, -0.2) is 9.78 Å². The van der Waals surface area contributed by atoms with E-state index in [4.69, 9.17) is 10.00 Å². The van der Waals surface area contributed by atoms with Crippen molar-refractivity contribution in [2.24, 2.45) is 0 Å². The fraction of sp³-hybridized carbons (Fsp3) is 0.167. The summed E-state index contributed by atoms with van der Waals surface area (Å²) in [6, 6.07) is 12.1. The number of nitrogens with one attached hydrogen (secondary N) is 1. The lowest BCUT2D eigenvalue weighted by Crippen LogP contribution is -2.24. The zero-order valence-corrected chi connectivity index (χ0v) is 13.6. The molecule has 0 bridgehead atoms. The molecule has 1 N–H and O–H groups in total. The Hall–Kier alpha value is -3.91. The SMILES string of the molecule is N#Cc1ncc(C#CCCNC(=O)OCc2ccccc2)cc1[N+](=O)[O-]. The molecule has 1 heterocycles. The van der Waals surface area contributed by atoms with Crippen LogP contribution in [0.1, 0.15) is 23.2 Å². The number of carbonyl (C=O) groups is 1. The number of amides is 1. The van der Waals surface area contributed by atoms with Gasteiger partial charge in [-0.1, -0.05) is 42.2 Å². The molecule has 0 saturated carbocycles. The highest BCUT2D eigenvalue weighted by Crippen LogP contribution is 2.16. The second-order valence-corrected chi connectivity index (χ2v) is 5.00. The Kier molecular flexibility index (Phi) is 6.66. The van der Waals surface area contributed by atoms with Gasteiger partial charge in [-0.2, -0.15) is 5.26 Å². The van der Waals surface area contributed by atoms with Gasteiger partial charge in [0.15, 0.2) is 0 Å². The van der Waals surface area contributed by atoms with Crippen LogP contribution in [0, 0.1) is 33.3 Å². The first-order chi connectivity index (χ1) is 12.6. The lowest BCUT2D eigenvalue weighted by molar-refractivity contribution is -0.385. The second kappa shape index (κ2) is 9.40. The van der Waals surface area contributed by atoms with Gasteiger partial charge in [-0.05, 0) is 5.56 Å². The highest BCUT2D eigenvalue weighted by atomic mass is 16.6. The zero-order valence-electron chi connectivity index (χ0n) is 13.6. The van der Waals surface area contributed by atoms with Gasteiger partial charge in [-0.3, -0.25) is 10.1 Å². The second-order valence-electron chi connectivity index (χ2n) is 5.00. The summed E-state index contributed by atoms with van der Waals surface area (Å²) < 4.78 is 5.05. The smallest absolute Gasteiger partial charge is 0.407 e. The number of aromatic nitrogens is 1. The topological polar surface area (TPSA) is 118 Å². The summed E-state index contributed by atoms with van der Waals surface area (Å²) in [6.07, 6.45) is 1.07. The van der Waals surface area contributed by atoms with E-state index in [1.807, 2.05) is 30.3 Å². The molecule has 0 fully saturated rings. The van der Waals surface area contributed by atoms with E-state index in [2.05, 4.69) is 22.1 Å². The molecule has 0 saturated heterocycles. The van der Waals surface area contributed by atoms with Gasteiger partial charge in [0.25, 0.3) is 0 Å². The Morgan fingerprint density at radius 3 is 2.81 bits per heavy atom. The van der Waals surface area contributed by atoms with Crippen molar-refractivity contribution < 1.29 is 14.5 Å². The summed E-state index contributed by atoms with van der Waals surface area (Å²) in [5.41, 5.74) is 0.560. The van der Waals surface area contributed by atoms with Gasteiger partial charge in [0.2, 0.25) is 5.69 Å². The molecule has 0 radical (unpaired) electrons. The van der Waals surface area contributed by atoms with Crippen molar-refractivity contribution in [2.45, 2.75) is 13.0 Å². The Morgan fingerprint density at radius 2 is 2.12 bits per heavy atom. The van der Waals surface area contributed by atoms with Crippen molar-refractivity contribution in [2.75, 3.05) is 6.54 Å². The molecular weight excluding hydrogens is 336 g/mol. The third-order valence-electron chi connectivity index (χ3n) is 3.13. The maximum absolute atomic E-state index is 11.5. The molecule has 2 aromatic rings. The molecule has 0 aliphatic carbocycles. The highest BCUT2D eigenvalue weighted by molar-refractivity contribution is 5.67. The molecule has 0 spiro atoms. The fourth-order valence-electron chi connectivity index (χ4n) is 1.91. The molecule has 130 valence electrons. The Morgan fingerprint density at radius 1 is 1.35 bits per heavy atom. The molecule has 0 unspecified atom stereocenters. The minimum Gasteiger partial charge on any atom is -0.445 e. The van der Waals surface area contributed by atoms with Crippen LogP contribution in [0.25, 0.3) is 0 Å². The van der Waals surface area contributed by atoms with E-state index >= 15 is 0 Å². The standard InChI is InChI=1S/C18H14N4O4/c19-11-16-17(22(24)25)10-15(12-21-16)8-4-5-9-20-18(23)26-13-14-6-2-1-3-7-14/h1-3,6-7,10,12H,5,9,13H2,(H,20,23). The first-order valence-corrected chi connectivity index (χ1v) is 7.58. The van der Waals surface area contributed by atoms with E-state index in [1.54, 1.807) is 6.07 Å². The van der Waals surface area contributed by atoms with Crippen LogP contribution in [0.15, 0.2) is 42.6 Å². The molecule has 8 heteroatoms. The summed E-state index contributed by atoms with van der Waals surface area (Å²) >= 11 is 0. The molecule has 26 heavy (non-hydrogen) atoms. The van der Waals surface area contributed by atoms with E-state index in [0.717, 1.165) is 5.56 Å². The number of benzene rings is 1. The maximum Gasteiger partial charge on any atom is 0.407 e. The number of nitriles is 1. The number of carbonyl (C=O) groups excluding carboxylic acids is 1. The molecule has 1 amide bonds. The van der Waals surface area contributed by atoms with Crippen LogP contribution in [0.5, 0.6) is 0 Å². The van der Waals surface area contributed by atoms with Gasteiger partial charge in [0.05, 0.1) is 4.92 Å². The third kappa shape index (κ3) is 5.62. The molecule has 0 aliphatic heterocycles. The molecule has 1 aromatic heterocycles. The summed E-state index contributed by atoms with van der Waals surface area (Å²) in [7, 11) is 0. The number of rotatable bonds is 5. The first-order valence-electron chi connectivity index (χ1n) is 7.58. The largest absolute Gasteiger partial charge is 0.445 e. The number of ether oxygens (including phenoxy) is 1. The minimum absolute atomic E-state index is 0.179. The van der Waals surface area contributed by atoms with Gasteiger partial charge >= 0.3 is 11.8 Å². The van der Waals surface area contributed by atoms with Gasteiger partial charge in [0, 0.05) is 30.8 Å². The summed E-state index contributed by atoms with van der Waals surface area (Å²) in [4.78, 5) is 25.4. The average molecular weight is 350 g/mol. The average Bonchev–Trinajstić information content (AvgIpc) is 2.66. The van der Waals surface area contributed by atoms with Crippen molar-refractivity contribution in [3.8, 4) is 17.9 Å². The number of pyridine rings is 1. The number of hydrogen-bond acceptors (Lipinski definition) is 6. The Labute approximate surface area is 149 Å². The predicted octanol–water partition coefficient (Wildman–Crippen LogP) is 2.53. The van der Waals surface area contributed by atoms with Crippen molar-refractivity contribution in [3.63, 3.8) is 0 Å². The van der Waals surface area contributed by atoms with Crippen LogP contribution in [0.4, 0.5) is 10.5 Å². The summed E-state index contributed by atoms with van der Waals surface area (Å²) in [5.74, 6) is 5.47. The van der Waals surface area contributed by atoms with Gasteiger partial charge < -0.3 is 10.1 Å². The van der Waals surface area contributed by atoms with Crippen molar-refractivity contribution in [3.05, 3.63) is 69.5 Å². The van der Waals surface area contributed by atoms with Crippen molar-refractivity contribution >= 4 is 11.8 Å². The number of nitrogens with zero attached hydrogens (tertiary/aromatic N) is 3. The van der Waals surface area contributed by atoms with E-state index in [1.165, 1.54) is 12.3 Å². The van der Waals surface area contributed by atoms with E-state index in [-0.39, 0.29) is 24.5 Å². The zero-order chi connectivity index (χ0) is 18.8. The molecule has 8 nitrogen and oxygen atoms in total. The molecule has 1 aromatic carbocycles. The molecular formula is C18H14N4O4. The van der Waals surface area contributed by atoms with Crippen LogP contribution < -0.4 is 5.32 Å². The van der Waals surface area contributed by atoms with Crippen LogP contribution in [-0.4, -0.2) is 22.5 Å². The fourth-order valence-corrected chi connectivity index (χ4v) is 1.91. The summed E-state index contributed by atoms with van der Waals surface area (Å²) in [6.45, 7) is 0.450. The van der Waals surface area contributed by atoms with Crippen LogP contribution in [0.2, 0.25) is 0 Å². The maximum atomic E-state index is 11.5. The summed E-state index contributed by atoms with van der Waals surface area (Å²) in [5, 5.41) is 22.2. The van der Waals surface area contributed by atoms with Crippen molar-refractivity contribution in [1.29, 1.82) is 5.26 Å². The third-order valence-corrected chi connectivity index (χ3v) is 3.13. The van der Waals surface area contributed by atoms with Crippen LogP contribution in [-0.2, 0) is 11.3 Å². The van der Waals surface area contributed by atoms with Gasteiger partial charge in [-0.15, -0.1) is 0 Å². The van der Waals surface area contributed by atoms with Crippen LogP contribution >= 0.6 is 0 Å². The minimum atomic E-state index is -0.680. The predicted molar refractivity (Wildman–Crippen MR) is 91.7 cm³/mol. The lowest BCUT2D eigenvalue weighted by atomic mass is 10.2. The van der Waals surface area contributed by atoms with E-state index in [9.17, 15) is 14.9 Å². The number of hydrogen-bond donors (Lipinski definition) is 1. The van der Waals surface area contributed by atoms with Gasteiger partial charge in [0.1, 0.15) is 12.7 Å². The first kappa shape index (κ1) is 18.4. The Bertz CT molecular complexity index is 895. The molecule has 0 atom stereocenters. The molecule has 2 rings (SSSR count). The Balaban J connectivity index is 1.78. The van der Waals surface area contributed by atoms with E-state index < -0.39 is 11.0 Å².